The predicted octanol–water partition coefficient (Wildman–Crippen LogP) is -0.229. The number of nitrogens with one attached hydrogen (secondary N) is 1. The summed E-state index contributed by atoms with van der Waals surface area (Å²) in [7, 11) is 1.76. The molecule has 1 amide bonds. The number of alkyl halides is 3. The Hall–Kier alpha value is -1.65. The SMILES string of the molecule is Bc1ccccc1NC(=O)C1=C(C(F)(F)F)OCCS1.O.O. The maximum atomic E-state index is 12.8. The van der Waals surface area contributed by atoms with E-state index in [0.717, 1.165) is 17.2 Å². The Labute approximate surface area is 129 Å². The summed E-state index contributed by atoms with van der Waals surface area (Å²) in [4.78, 5) is 11.6. The highest BCUT2D eigenvalue weighted by Gasteiger charge is 2.42. The minimum absolute atomic E-state index is 0. The van der Waals surface area contributed by atoms with E-state index in [0.29, 0.717) is 11.4 Å². The van der Waals surface area contributed by atoms with Crippen LogP contribution in [0, 0.1) is 0 Å². The monoisotopic (exact) mass is 337 g/mol. The van der Waals surface area contributed by atoms with Crippen LogP contribution in [0.15, 0.2) is 34.9 Å². The Bertz CT molecular complexity index is 566. The lowest BCUT2D eigenvalue weighted by atomic mass is 9.94. The van der Waals surface area contributed by atoms with Gasteiger partial charge in [-0.25, -0.2) is 0 Å². The van der Waals surface area contributed by atoms with Gasteiger partial charge in [0.15, 0.2) is 0 Å². The summed E-state index contributed by atoms with van der Waals surface area (Å²) >= 11 is 0.854. The summed E-state index contributed by atoms with van der Waals surface area (Å²) in [6.45, 7) is -0.0549. The molecule has 0 saturated heterocycles. The Balaban J connectivity index is 0.00000220. The molecule has 0 aromatic heterocycles. The molecular formula is C12H15BF3NO4S. The van der Waals surface area contributed by atoms with E-state index in [9.17, 15) is 18.0 Å². The number of amides is 1. The number of hydrogen-bond acceptors (Lipinski definition) is 3. The molecule has 1 heterocycles. The third-order valence-electron chi connectivity index (χ3n) is 2.64. The van der Waals surface area contributed by atoms with E-state index in [2.05, 4.69) is 10.1 Å². The van der Waals surface area contributed by atoms with Crippen molar-refractivity contribution in [2.45, 2.75) is 6.18 Å². The van der Waals surface area contributed by atoms with E-state index in [-0.39, 0.29) is 17.6 Å². The molecule has 22 heavy (non-hydrogen) atoms. The second kappa shape index (κ2) is 8.11. The van der Waals surface area contributed by atoms with Crippen molar-refractivity contribution < 1.29 is 33.7 Å². The minimum atomic E-state index is -4.66. The Morgan fingerprint density at radius 1 is 1.27 bits per heavy atom. The molecule has 10 heteroatoms. The Morgan fingerprint density at radius 2 is 1.91 bits per heavy atom. The highest BCUT2D eigenvalue weighted by Crippen LogP contribution is 2.37. The molecule has 1 aromatic carbocycles. The molecule has 0 fully saturated rings. The van der Waals surface area contributed by atoms with Crippen LogP contribution in [-0.2, 0) is 9.53 Å². The second-order valence-corrected chi connectivity index (χ2v) is 5.23. The van der Waals surface area contributed by atoms with Gasteiger partial charge in [-0.1, -0.05) is 23.7 Å². The van der Waals surface area contributed by atoms with E-state index >= 15 is 0 Å². The molecule has 1 aromatic rings. The lowest BCUT2D eigenvalue weighted by molar-refractivity contribution is -0.133. The van der Waals surface area contributed by atoms with E-state index in [1.54, 1.807) is 32.1 Å². The minimum Gasteiger partial charge on any atom is -0.487 e. The number of hydrogen-bond donors (Lipinski definition) is 1. The van der Waals surface area contributed by atoms with E-state index in [1.165, 1.54) is 0 Å². The van der Waals surface area contributed by atoms with Gasteiger partial charge in [-0.2, -0.15) is 13.2 Å². The van der Waals surface area contributed by atoms with Crippen LogP contribution in [0.25, 0.3) is 0 Å². The average Bonchev–Trinajstić information content (AvgIpc) is 2.40. The lowest BCUT2D eigenvalue weighted by Gasteiger charge is -2.22. The van der Waals surface area contributed by atoms with Gasteiger partial charge in [0.2, 0.25) is 5.76 Å². The summed E-state index contributed by atoms with van der Waals surface area (Å²) in [5.74, 6) is -1.69. The van der Waals surface area contributed by atoms with Gasteiger partial charge in [0.1, 0.15) is 12.8 Å². The van der Waals surface area contributed by atoms with Gasteiger partial charge in [0.25, 0.3) is 5.91 Å². The number of allylic oxidation sites excluding steroid dienone is 1. The van der Waals surface area contributed by atoms with E-state index < -0.39 is 22.7 Å². The smallest absolute Gasteiger partial charge is 0.450 e. The first-order valence-electron chi connectivity index (χ1n) is 5.83. The number of ether oxygens (including phenoxy) is 1. The van der Waals surface area contributed by atoms with Gasteiger partial charge in [0, 0.05) is 11.4 Å². The van der Waals surface area contributed by atoms with Crippen LogP contribution in [0.3, 0.4) is 0 Å². The van der Waals surface area contributed by atoms with Crippen molar-refractivity contribution in [1.82, 2.24) is 0 Å². The molecule has 0 aliphatic carbocycles. The summed E-state index contributed by atoms with van der Waals surface area (Å²) in [6, 6.07) is 6.88. The van der Waals surface area contributed by atoms with Crippen molar-refractivity contribution in [2.75, 3.05) is 17.7 Å². The molecule has 0 bridgehead atoms. The number of benzene rings is 1. The van der Waals surface area contributed by atoms with Crippen LogP contribution in [0.2, 0.25) is 0 Å². The average molecular weight is 337 g/mol. The first kappa shape index (κ1) is 20.4. The lowest BCUT2D eigenvalue weighted by Crippen LogP contribution is -2.27. The summed E-state index contributed by atoms with van der Waals surface area (Å²) in [6.07, 6.45) is -4.66. The molecule has 1 aliphatic rings. The fraction of sp³-hybridized carbons (Fsp3) is 0.250. The number of carbonyl (C=O) groups is 1. The largest absolute Gasteiger partial charge is 0.487 e. The zero-order valence-corrected chi connectivity index (χ0v) is 12.4. The molecule has 0 saturated carbocycles. The number of para-hydroxylation sites is 1. The molecule has 2 rings (SSSR count). The van der Waals surface area contributed by atoms with Crippen LogP contribution >= 0.6 is 11.8 Å². The highest BCUT2D eigenvalue weighted by atomic mass is 32.2. The molecular weight excluding hydrogens is 322 g/mol. The Kier molecular flexibility index (Phi) is 7.50. The molecule has 1 aliphatic heterocycles. The fourth-order valence-corrected chi connectivity index (χ4v) is 2.55. The van der Waals surface area contributed by atoms with E-state index in [4.69, 9.17) is 0 Å². The van der Waals surface area contributed by atoms with Crippen molar-refractivity contribution in [3.05, 3.63) is 34.9 Å². The number of carbonyl (C=O) groups excluding carboxylic acids is 1. The van der Waals surface area contributed by atoms with Crippen LogP contribution < -0.4 is 10.8 Å². The van der Waals surface area contributed by atoms with Crippen LogP contribution in [0.5, 0.6) is 0 Å². The molecule has 0 atom stereocenters. The molecule has 5 nitrogen and oxygen atoms in total. The van der Waals surface area contributed by atoms with Crippen molar-refractivity contribution in [3.8, 4) is 0 Å². The van der Waals surface area contributed by atoms with Gasteiger partial charge in [0.05, 0.1) is 6.61 Å². The van der Waals surface area contributed by atoms with Crippen molar-refractivity contribution >= 4 is 36.7 Å². The normalized spacial score (nSPS) is 14.3. The molecule has 0 unspecified atom stereocenters. The van der Waals surface area contributed by atoms with Gasteiger partial charge >= 0.3 is 6.18 Å². The number of thioether (sulfide) groups is 1. The number of anilines is 1. The van der Waals surface area contributed by atoms with Gasteiger partial charge in [-0.15, -0.1) is 11.8 Å². The fourth-order valence-electron chi connectivity index (χ4n) is 1.69. The third kappa shape index (κ3) is 4.68. The first-order valence-corrected chi connectivity index (χ1v) is 6.82. The van der Waals surface area contributed by atoms with Crippen LogP contribution in [0.4, 0.5) is 18.9 Å². The maximum absolute atomic E-state index is 12.8. The molecule has 5 N–H and O–H groups in total. The quantitative estimate of drug-likeness (QED) is 0.754. The maximum Gasteiger partial charge on any atom is 0.450 e. The number of rotatable bonds is 2. The topological polar surface area (TPSA) is 101 Å². The van der Waals surface area contributed by atoms with Crippen LogP contribution in [0.1, 0.15) is 0 Å². The van der Waals surface area contributed by atoms with Crippen LogP contribution in [-0.4, -0.2) is 43.2 Å². The molecule has 0 radical (unpaired) electrons. The summed E-state index contributed by atoms with van der Waals surface area (Å²) in [5.41, 5.74) is 1.26. The van der Waals surface area contributed by atoms with E-state index in [1.807, 2.05) is 0 Å². The predicted molar refractivity (Wildman–Crippen MR) is 82.0 cm³/mol. The Morgan fingerprint density at radius 3 is 2.50 bits per heavy atom. The first-order chi connectivity index (χ1) is 9.39. The summed E-state index contributed by atoms with van der Waals surface area (Å²) in [5, 5.41) is 2.48. The van der Waals surface area contributed by atoms with Gasteiger partial charge in [-0.3, -0.25) is 4.79 Å². The zero-order valence-electron chi connectivity index (χ0n) is 11.6. The molecule has 0 spiro atoms. The van der Waals surface area contributed by atoms with Gasteiger partial charge < -0.3 is 21.0 Å². The third-order valence-corrected chi connectivity index (χ3v) is 3.67. The number of halogens is 3. The van der Waals surface area contributed by atoms with Crippen molar-refractivity contribution in [3.63, 3.8) is 0 Å². The zero-order chi connectivity index (χ0) is 14.8. The second-order valence-electron chi connectivity index (χ2n) is 4.12. The molecule has 122 valence electrons. The standard InChI is InChI=1S/C12H11BF3NO2S.2H2O/c13-7-3-1-2-4-8(7)17-11(18)9-10(12(14,15)16)19-5-6-20-9;;/h1-4H,5-6,13H2,(H,17,18);2*1H2. The van der Waals surface area contributed by atoms with Gasteiger partial charge in [-0.05, 0) is 6.07 Å². The summed E-state index contributed by atoms with van der Waals surface area (Å²) < 4.78 is 43.0. The van der Waals surface area contributed by atoms with Crippen molar-refractivity contribution in [1.29, 1.82) is 0 Å². The highest BCUT2D eigenvalue weighted by molar-refractivity contribution is 8.04. The van der Waals surface area contributed by atoms with Crippen molar-refractivity contribution in [2.24, 2.45) is 0 Å².